The smallest absolute Gasteiger partial charge is 0.242 e. The molecule has 1 unspecified atom stereocenters. The van der Waals surface area contributed by atoms with Gasteiger partial charge in [0.05, 0.1) is 11.2 Å². The Morgan fingerprint density at radius 2 is 1.92 bits per heavy atom. The summed E-state index contributed by atoms with van der Waals surface area (Å²) in [5.41, 5.74) is 0.813. The first-order chi connectivity index (χ1) is 10.7. The van der Waals surface area contributed by atoms with E-state index in [1.807, 2.05) is 18.3 Å². The van der Waals surface area contributed by atoms with Crippen molar-refractivity contribution in [3.63, 3.8) is 0 Å². The number of halogens is 3. The number of hydrogen-bond acceptors (Lipinski definition) is 4. The molecule has 1 aromatic rings. The molecule has 1 aromatic heterocycles. The first-order valence-electron chi connectivity index (χ1n) is 8.40. The molecule has 0 saturated carbocycles. The van der Waals surface area contributed by atoms with Gasteiger partial charge in [0.25, 0.3) is 0 Å². The van der Waals surface area contributed by atoms with E-state index in [1.165, 1.54) is 0 Å². The fourth-order valence-electron chi connectivity index (χ4n) is 3.57. The third kappa shape index (κ3) is 5.69. The molecule has 2 saturated heterocycles. The lowest BCUT2D eigenvalue weighted by Crippen LogP contribution is -2.58. The van der Waals surface area contributed by atoms with Gasteiger partial charge in [0.15, 0.2) is 0 Å². The lowest BCUT2D eigenvalue weighted by molar-refractivity contribution is -0.139. The zero-order chi connectivity index (χ0) is 15.4. The van der Waals surface area contributed by atoms with Crippen LogP contribution < -0.4 is 5.32 Å². The minimum absolute atomic E-state index is 0. The minimum atomic E-state index is -0.289. The van der Waals surface area contributed by atoms with Crippen molar-refractivity contribution >= 4 is 43.1 Å². The Balaban J connectivity index is 0.00000192. The number of hydrogen-bond donors (Lipinski definition) is 1. The molecule has 0 aliphatic carbocycles. The highest BCUT2D eigenvalue weighted by Gasteiger charge is 2.42. The number of piperazine rings is 1. The van der Waals surface area contributed by atoms with Gasteiger partial charge in [-0.1, -0.05) is 13.0 Å². The van der Waals surface area contributed by atoms with Crippen molar-refractivity contribution in [3.05, 3.63) is 30.1 Å². The third-order valence-corrected chi connectivity index (χ3v) is 5.03. The molecule has 0 radical (unpaired) electrons. The summed E-state index contributed by atoms with van der Waals surface area (Å²) in [6.07, 6.45) is 4.82. The monoisotopic (exact) mass is 410 g/mol. The van der Waals surface area contributed by atoms with Crippen LogP contribution in [0.25, 0.3) is 0 Å². The predicted molar refractivity (Wildman–Crippen MR) is 108 cm³/mol. The molecular weight excluding hydrogens is 383 g/mol. The molecular formula is C17H29Cl3N4O. The number of amides is 1. The SMILES string of the molecule is CCC1(C(=O)N2CCN(Cc3ccccn3)CC2)CCCN1.Cl.Cl.Cl. The summed E-state index contributed by atoms with van der Waals surface area (Å²) in [5, 5.41) is 3.45. The van der Waals surface area contributed by atoms with Crippen molar-refractivity contribution in [2.45, 2.75) is 38.3 Å². The van der Waals surface area contributed by atoms with Crippen LogP contribution in [0.5, 0.6) is 0 Å². The normalized spacial score (nSPS) is 23.2. The standard InChI is InChI=1S/C17H26N4O.3ClH/c1-2-17(7-5-9-19-17)16(22)21-12-10-20(11-13-21)14-15-6-3-4-8-18-15;;;/h3-4,6,8,19H,2,5,7,9-14H2,1H3;3*1H. The Kier molecular flexibility index (Phi) is 10.9. The summed E-state index contributed by atoms with van der Waals surface area (Å²) < 4.78 is 0. The highest BCUT2D eigenvalue weighted by molar-refractivity contribution is 5.87. The summed E-state index contributed by atoms with van der Waals surface area (Å²) in [6.45, 7) is 7.49. The second-order valence-electron chi connectivity index (χ2n) is 6.36. The molecule has 2 aliphatic rings. The molecule has 3 heterocycles. The molecule has 0 bridgehead atoms. The molecule has 3 rings (SSSR count). The van der Waals surface area contributed by atoms with Crippen LogP contribution in [0.3, 0.4) is 0 Å². The Hall–Kier alpha value is -0.590. The van der Waals surface area contributed by atoms with Crippen LogP contribution in [0.2, 0.25) is 0 Å². The van der Waals surface area contributed by atoms with Crippen LogP contribution in [-0.2, 0) is 11.3 Å². The quantitative estimate of drug-likeness (QED) is 0.827. The van der Waals surface area contributed by atoms with E-state index in [4.69, 9.17) is 0 Å². The largest absolute Gasteiger partial charge is 0.339 e. The summed E-state index contributed by atoms with van der Waals surface area (Å²) in [6, 6.07) is 6.03. The molecule has 1 amide bonds. The topological polar surface area (TPSA) is 48.5 Å². The number of pyridine rings is 1. The van der Waals surface area contributed by atoms with E-state index in [2.05, 4.69) is 33.1 Å². The van der Waals surface area contributed by atoms with Gasteiger partial charge >= 0.3 is 0 Å². The van der Waals surface area contributed by atoms with E-state index in [1.54, 1.807) is 0 Å². The number of carbonyl (C=O) groups is 1. The molecule has 0 aromatic carbocycles. The first kappa shape index (κ1) is 24.4. The minimum Gasteiger partial charge on any atom is -0.339 e. The summed E-state index contributed by atoms with van der Waals surface area (Å²) >= 11 is 0. The van der Waals surface area contributed by atoms with Crippen LogP contribution in [0.4, 0.5) is 0 Å². The van der Waals surface area contributed by atoms with Crippen molar-refractivity contribution in [2.75, 3.05) is 32.7 Å². The average molecular weight is 412 g/mol. The Morgan fingerprint density at radius 1 is 1.20 bits per heavy atom. The Morgan fingerprint density at radius 3 is 2.44 bits per heavy atom. The third-order valence-electron chi connectivity index (χ3n) is 5.03. The lowest BCUT2D eigenvalue weighted by Gasteiger charge is -2.39. The zero-order valence-corrected chi connectivity index (χ0v) is 17.1. The lowest BCUT2D eigenvalue weighted by atomic mass is 9.92. The highest BCUT2D eigenvalue weighted by Crippen LogP contribution is 2.26. The number of aromatic nitrogens is 1. The van der Waals surface area contributed by atoms with Crippen LogP contribution >= 0.6 is 37.2 Å². The second kappa shape index (κ2) is 11.2. The van der Waals surface area contributed by atoms with Crippen LogP contribution in [0.1, 0.15) is 31.9 Å². The predicted octanol–water partition coefficient (Wildman–Crippen LogP) is 2.52. The van der Waals surface area contributed by atoms with Gasteiger partial charge in [0.1, 0.15) is 0 Å². The van der Waals surface area contributed by atoms with Gasteiger partial charge < -0.3 is 10.2 Å². The number of rotatable bonds is 4. The summed E-state index contributed by atoms with van der Waals surface area (Å²) in [7, 11) is 0. The zero-order valence-electron chi connectivity index (χ0n) is 14.6. The molecule has 8 heteroatoms. The van der Waals surface area contributed by atoms with Crippen molar-refractivity contribution in [2.24, 2.45) is 0 Å². The fourth-order valence-corrected chi connectivity index (χ4v) is 3.57. The molecule has 2 aliphatic heterocycles. The van der Waals surface area contributed by atoms with Crippen molar-refractivity contribution in [1.29, 1.82) is 0 Å². The number of carbonyl (C=O) groups excluding carboxylic acids is 1. The average Bonchev–Trinajstić information content (AvgIpc) is 3.06. The van der Waals surface area contributed by atoms with Gasteiger partial charge in [-0.3, -0.25) is 14.7 Å². The first-order valence-corrected chi connectivity index (χ1v) is 8.40. The van der Waals surface area contributed by atoms with Gasteiger partial charge in [-0.05, 0) is 37.9 Å². The highest BCUT2D eigenvalue weighted by atomic mass is 35.5. The van der Waals surface area contributed by atoms with E-state index in [0.29, 0.717) is 5.91 Å². The van der Waals surface area contributed by atoms with E-state index in [-0.39, 0.29) is 42.8 Å². The van der Waals surface area contributed by atoms with Crippen LogP contribution in [0.15, 0.2) is 24.4 Å². The molecule has 0 spiro atoms. The molecule has 144 valence electrons. The van der Waals surface area contributed by atoms with Crippen LogP contribution in [-0.4, -0.2) is 59.0 Å². The molecule has 25 heavy (non-hydrogen) atoms. The van der Waals surface area contributed by atoms with E-state index in [0.717, 1.165) is 64.2 Å². The van der Waals surface area contributed by atoms with Gasteiger partial charge in [-0.2, -0.15) is 0 Å². The molecule has 1 atom stereocenters. The van der Waals surface area contributed by atoms with Gasteiger partial charge in [0, 0.05) is 38.9 Å². The fraction of sp³-hybridized carbons (Fsp3) is 0.647. The van der Waals surface area contributed by atoms with E-state index in [9.17, 15) is 4.79 Å². The van der Waals surface area contributed by atoms with E-state index < -0.39 is 0 Å². The van der Waals surface area contributed by atoms with Gasteiger partial charge in [0.2, 0.25) is 5.91 Å². The second-order valence-corrected chi connectivity index (χ2v) is 6.36. The Bertz CT molecular complexity index is 504. The Labute approximate surface area is 169 Å². The van der Waals surface area contributed by atoms with Gasteiger partial charge in [-0.25, -0.2) is 0 Å². The molecule has 1 N–H and O–H groups in total. The van der Waals surface area contributed by atoms with Crippen molar-refractivity contribution in [1.82, 2.24) is 20.1 Å². The van der Waals surface area contributed by atoms with Crippen molar-refractivity contribution in [3.8, 4) is 0 Å². The van der Waals surface area contributed by atoms with Crippen molar-refractivity contribution < 1.29 is 4.79 Å². The summed E-state index contributed by atoms with van der Waals surface area (Å²) in [5.74, 6) is 0.310. The van der Waals surface area contributed by atoms with Crippen LogP contribution in [0, 0.1) is 0 Å². The molecule has 2 fully saturated rings. The maximum atomic E-state index is 12.9. The maximum Gasteiger partial charge on any atom is 0.242 e. The van der Waals surface area contributed by atoms with E-state index >= 15 is 0 Å². The number of nitrogens with one attached hydrogen (secondary N) is 1. The molecule has 5 nitrogen and oxygen atoms in total. The van der Waals surface area contributed by atoms with Gasteiger partial charge in [-0.15, -0.1) is 37.2 Å². The maximum absolute atomic E-state index is 12.9. The number of nitrogens with zero attached hydrogens (tertiary/aromatic N) is 3. The summed E-state index contributed by atoms with van der Waals surface area (Å²) in [4.78, 5) is 21.7.